The number of likely N-dealkylation sites (N-methyl/N-ethyl adjacent to an activating group) is 1. The summed E-state index contributed by atoms with van der Waals surface area (Å²) in [7, 11) is 8.86. The maximum absolute atomic E-state index is 10.4. The Morgan fingerprint density at radius 1 is 0.879 bits per heavy atom. The summed E-state index contributed by atoms with van der Waals surface area (Å²) in [4.78, 5) is 4.58. The van der Waals surface area contributed by atoms with Crippen LogP contribution in [0, 0.1) is 11.3 Å². The van der Waals surface area contributed by atoms with Gasteiger partial charge in [-0.3, -0.25) is 4.90 Å². The van der Waals surface area contributed by atoms with Gasteiger partial charge in [0.2, 0.25) is 0 Å². The maximum atomic E-state index is 10.4. The van der Waals surface area contributed by atoms with E-state index in [0.717, 1.165) is 50.9 Å². The van der Waals surface area contributed by atoms with E-state index in [9.17, 15) is 5.26 Å². The highest BCUT2D eigenvalue weighted by molar-refractivity contribution is 5.72. The molecular formula is C26H29N3O4. The Balaban J connectivity index is 1.83. The molecule has 2 aromatic rings. The standard InChI is InChI=1S/C26H29N3O4/c1-14-24-15(20(30-3)7-9-22(24)32-5)12-18-26-25-16(21(31-4)8-10-23(25)33-6)11-17(28(26)2)19(13-27)29(14)18/h7-10,12,14,17,19,26H,11H2,1-6H3/t14-,17-,19-,26-/m0/s1. The fraction of sp³-hybridized carbons (Fsp3) is 0.423. The zero-order valence-corrected chi connectivity index (χ0v) is 19.9. The average Bonchev–Trinajstić information content (AvgIpc) is 2.83. The Labute approximate surface area is 194 Å². The molecule has 0 aromatic heterocycles. The number of nitrogens with zero attached hydrogens (tertiary/aromatic N) is 3. The van der Waals surface area contributed by atoms with E-state index in [1.54, 1.807) is 28.4 Å². The predicted octanol–water partition coefficient (Wildman–Crippen LogP) is 3.94. The summed E-state index contributed by atoms with van der Waals surface area (Å²) < 4.78 is 23.0. The van der Waals surface area contributed by atoms with E-state index in [2.05, 4.69) is 35.9 Å². The number of nitriles is 1. The Morgan fingerprint density at radius 2 is 1.45 bits per heavy atom. The first-order valence-corrected chi connectivity index (χ1v) is 11.1. The summed E-state index contributed by atoms with van der Waals surface area (Å²) in [5.41, 5.74) is 5.30. The quantitative estimate of drug-likeness (QED) is 0.703. The number of fused-ring (bicyclic) bond motifs is 7. The molecule has 7 nitrogen and oxygen atoms in total. The molecule has 172 valence electrons. The van der Waals surface area contributed by atoms with Gasteiger partial charge < -0.3 is 23.8 Å². The van der Waals surface area contributed by atoms with Crippen LogP contribution in [0.3, 0.4) is 0 Å². The van der Waals surface area contributed by atoms with Crippen molar-refractivity contribution in [2.75, 3.05) is 35.5 Å². The third-order valence-electron chi connectivity index (χ3n) is 7.48. The van der Waals surface area contributed by atoms with Crippen molar-refractivity contribution in [3.05, 3.63) is 52.2 Å². The minimum absolute atomic E-state index is 0.00580. The van der Waals surface area contributed by atoms with Gasteiger partial charge in [-0.2, -0.15) is 5.26 Å². The van der Waals surface area contributed by atoms with Gasteiger partial charge >= 0.3 is 0 Å². The number of piperazine rings is 1. The third kappa shape index (κ3) is 2.83. The molecule has 3 heterocycles. The van der Waals surface area contributed by atoms with Crippen molar-refractivity contribution in [2.24, 2.45) is 0 Å². The first kappa shape index (κ1) is 21.5. The Morgan fingerprint density at radius 3 is 2.06 bits per heavy atom. The molecule has 0 radical (unpaired) electrons. The molecule has 0 saturated carbocycles. The molecule has 0 spiro atoms. The smallest absolute Gasteiger partial charge is 0.133 e. The largest absolute Gasteiger partial charge is 0.496 e. The van der Waals surface area contributed by atoms with Gasteiger partial charge in [0.15, 0.2) is 0 Å². The summed E-state index contributed by atoms with van der Waals surface area (Å²) in [6.45, 7) is 2.14. The van der Waals surface area contributed by atoms with Crippen LogP contribution in [0.4, 0.5) is 0 Å². The van der Waals surface area contributed by atoms with Crippen molar-refractivity contribution < 1.29 is 18.9 Å². The van der Waals surface area contributed by atoms with Crippen LogP contribution in [0.5, 0.6) is 23.0 Å². The summed E-state index contributed by atoms with van der Waals surface area (Å²) in [6, 6.07) is 9.94. The second-order valence-electron chi connectivity index (χ2n) is 8.73. The SMILES string of the molecule is COc1ccc(OC)c2c1C=C1[C@H]3c4c(OC)ccc(OC)c4C[C@@H]([C@H](C#N)N1[C@H]2C)N3C. The van der Waals surface area contributed by atoms with Gasteiger partial charge in [-0.15, -0.1) is 0 Å². The Bertz CT molecular complexity index is 1190. The van der Waals surface area contributed by atoms with E-state index in [1.165, 1.54) is 0 Å². The predicted molar refractivity (Wildman–Crippen MR) is 125 cm³/mol. The molecule has 0 aliphatic carbocycles. The van der Waals surface area contributed by atoms with Crippen LogP contribution in [0.1, 0.15) is 41.3 Å². The van der Waals surface area contributed by atoms with Crippen LogP contribution in [-0.4, -0.2) is 57.4 Å². The van der Waals surface area contributed by atoms with Crippen molar-refractivity contribution in [1.82, 2.24) is 9.80 Å². The lowest BCUT2D eigenvalue weighted by atomic mass is 9.76. The van der Waals surface area contributed by atoms with Crippen LogP contribution in [0.2, 0.25) is 0 Å². The average molecular weight is 448 g/mol. The van der Waals surface area contributed by atoms with Crippen LogP contribution in [0.15, 0.2) is 30.0 Å². The van der Waals surface area contributed by atoms with Gasteiger partial charge in [-0.05, 0) is 50.7 Å². The van der Waals surface area contributed by atoms with Crippen LogP contribution >= 0.6 is 0 Å². The number of methoxy groups -OCH3 is 4. The second-order valence-corrected chi connectivity index (χ2v) is 8.73. The summed E-state index contributed by atoms with van der Waals surface area (Å²) in [6.07, 6.45) is 2.87. The summed E-state index contributed by atoms with van der Waals surface area (Å²) in [5, 5.41) is 10.4. The van der Waals surface area contributed by atoms with E-state index >= 15 is 0 Å². The zero-order chi connectivity index (χ0) is 23.4. The van der Waals surface area contributed by atoms with Crippen molar-refractivity contribution >= 4 is 6.08 Å². The van der Waals surface area contributed by atoms with Crippen molar-refractivity contribution in [2.45, 2.75) is 37.5 Å². The molecule has 1 fully saturated rings. The minimum atomic E-state index is -0.333. The Hall–Kier alpha value is -3.37. The van der Waals surface area contributed by atoms with Gasteiger partial charge in [0.1, 0.15) is 29.0 Å². The van der Waals surface area contributed by atoms with Crippen LogP contribution in [-0.2, 0) is 6.42 Å². The molecule has 3 aliphatic rings. The first-order chi connectivity index (χ1) is 16.0. The highest BCUT2D eigenvalue weighted by Gasteiger charge is 2.52. The fourth-order valence-corrected chi connectivity index (χ4v) is 6.01. The van der Waals surface area contributed by atoms with Gasteiger partial charge in [0.25, 0.3) is 0 Å². The normalized spacial score (nSPS) is 25.1. The molecule has 2 bridgehead atoms. The minimum Gasteiger partial charge on any atom is -0.496 e. The molecule has 5 rings (SSSR count). The molecular weight excluding hydrogens is 418 g/mol. The van der Waals surface area contributed by atoms with Crippen molar-refractivity contribution in [3.63, 3.8) is 0 Å². The number of rotatable bonds is 4. The first-order valence-electron chi connectivity index (χ1n) is 11.1. The molecule has 4 atom stereocenters. The molecule has 1 saturated heterocycles. The van der Waals surface area contributed by atoms with E-state index in [0.29, 0.717) is 6.42 Å². The van der Waals surface area contributed by atoms with Gasteiger partial charge in [-0.25, -0.2) is 0 Å². The number of hydrogen-bond donors (Lipinski definition) is 0. The number of ether oxygens (including phenoxy) is 4. The Kier molecular flexibility index (Phi) is 5.13. The van der Waals surface area contributed by atoms with Gasteiger partial charge in [0.05, 0.1) is 46.6 Å². The second kappa shape index (κ2) is 7.89. The lowest BCUT2D eigenvalue weighted by Crippen LogP contribution is -2.61. The highest BCUT2D eigenvalue weighted by Crippen LogP contribution is 2.55. The van der Waals surface area contributed by atoms with E-state index in [-0.39, 0.29) is 24.2 Å². The van der Waals surface area contributed by atoms with E-state index in [1.807, 2.05) is 24.3 Å². The fourth-order valence-electron chi connectivity index (χ4n) is 6.01. The number of hydrogen-bond acceptors (Lipinski definition) is 7. The van der Waals surface area contributed by atoms with Crippen molar-refractivity contribution in [3.8, 4) is 29.1 Å². The molecule has 7 heteroatoms. The molecule has 33 heavy (non-hydrogen) atoms. The van der Waals surface area contributed by atoms with Crippen molar-refractivity contribution in [1.29, 1.82) is 5.26 Å². The molecule has 0 N–H and O–H groups in total. The topological polar surface area (TPSA) is 67.2 Å². The molecule has 2 aromatic carbocycles. The monoisotopic (exact) mass is 447 g/mol. The zero-order valence-electron chi connectivity index (χ0n) is 19.9. The van der Waals surface area contributed by atoms with E-state index < -0.39 is 0 Å². The van der Waals surface area contributed by atoms with Crippen LogP contribution in [0.25, 0.3) is 6.08 Å². The highest BCUT2D eigenvalue weighted by atomic mass is 16.5. The lowest BCUT2D eigenvalue weighted by Gasteiger charge is -2.57. The molecule has 0 amide bonds. The third-order valence-corrected chi connectivity index (χ3v) is 7.48. The molecule has 0 unspecified atom stereocenters. The van der Waals surface area contributed by atoms with Crippen LogP contribution < -0.4 is 18.9 Å². The van der Waals surface area contributed by atoms with E-state index in [4.69, 9.17) is 18.9 Å². The summed E-state index contributed by atoms with van der Waals surface area (Å²) in [5.74, 6) is 3.25. The maximum Gasteiger partial charge on any atom is 0.133 e. The van der Waals surface area contributed by atoms with Gasteiger partial charge in [0, 0.05) is 34.0 Å². The van der Waals surface area contributed by atoms with Gasteiger partial charge in [-0.1, -0.05) is 0 Å². The molecule has 3 aliphatic heterocycles. The summed E-state index contributed by atoms with van der Waals surface area (Å²) >= 11 is 0. The number of benzene rings is 2. The lowest BCUT2D eigenvalue weighted by molar-refractivity contribution is 0.0227.